The second-order valence-electron chi connectivity index (χ2n) is 4.39. The van der Waals surface area contributed by atoms with Gasteiger partial charge in [0.2, 0.25) is 0 Å². The van der Waals surface area contributed by atoms with Gasteiger partial charge in [-0.25, -0.2) is 9.59 Å². The Bertz CT molecular complexity index is 289. The van der Waals surface area contributed by atoms with E-state index in [2.05, 4.69) is 13.2 Å². The van der Waals surface area contributed by atoms with Gasteiger partial charge < -0.3 is 8.85 Å². The van der Waals surface area contributed by atoms with Gasteiger partial charge in [0.15, 0.2) is 0 Å². The fourth-order valence-corrected chi connectivity index (χ4v) is 1.93. The van der Waals surface area contributed by atoms with E-state index in [1.54, 1.807) is 37.6 Å². The number of hydrogen-bond donors (Lipinski definition) is 0. The highest BCUT2D eigenvalue weighted by Crippen LogP contribution is 2.09. The standard InChI is InChI=1S/C10H18O4Si2/c1-7-15(3,4)13-9(11)10(12)14-16(5,6)8-2/h7-8H,1-2H2,3-6H3. The molecule has 4 nitrogen and oxygen atoms in total. The van der Waals surface area contributed by atoms with E-state index in [1.165, 1.54) is 0 Å². The lowest BCUT2D eigenvalue weighted by Crippen LogP contribution is -2.40. The number of rotatable bonds is 4. The van der Waals surface area contributed by atoms with Gasteiger partial charge in [-0.2, -0.15) is 0 Å². The third-order valence-electron chi connectivity index (χ3n) is 1.86. The smallest absolute Gasteiger partial charge is 0.403 e. The quantitative estimate of drug-likeness (QED) is 0.571. The largest absolute Gasteiger partial charge is 0.508 e. The minimum atomic E-state index is -2.29. The van der Waals surface area contributed by atoms with Gasteiger partial charge in [0.05, 0.1) is 0 Å². The Balaban J connectivity index is 4.48. The highest BCUT2D eigenvalue weighted by atomic mass is 28.4. The maximum absolute atomic E-state index is 11.4. The summed E-state index contributed by atoms with van der Waals surface area (Å²) in [5, 5.41) is 0. The molecular weight excluding hydrogens is 240 g/mol. The zero-order valence-corrected chi connectivity index (χ0v) is 12.2. The molecule has 0 aliphatic heterocycles. The molecule has 0 aromatic carbocycles. The topological polar surface area (TPSA) is 52.6 Å². The second kappa shape index (κ2) is 5.26. The van der Waals surface area contributed by atoms with Crippen LogP contribution in [0.4, 0.5) is 0 Å². The van der Waals surface area contributed by atoms with Gasteiger partial charge in [-0.3, -0.25) is 0 Å². The van der Waals surface area contributed by atoms with Crippen molar-refractivity contribution < 1.29 is 18.4 Å². The van der Waals surface area contributed by atoms with Crippen LogP contribution in [0.5, 0.6) is 0 Å². The minimum absolute atomic E-state index is 0.945. The molecule has 0 amide bonds. The van der Waals surface area contributed by atoms with Crippen molar-refractivity contribution in [3.63, 3.8) is 0 Å². The molecule has 0 spiro atoms. The highest BCUT2D eigenvalue weighted by Gasteiger charge is 2.32. The van der Waals surface area contributed by atoms with Crippen LogP contribution in [0.2, 0.25) is 26.2 Å². The molecule has 0 aromatic rings. The molecule has 0 aliphatic carbocycles. The van der Waals surface area contributed by atoms with Crippen LogP contribution in [0.1, 0.15) is 0 Å². The first-order valence-electron chi connectivity index (χ1n) is 4.87. The van der Waals surface area contributed by atoms with Gasteiger partial charge in [0, 0.05) is 0 Å². The molecule has 0 fully saturated rings. The molecule has 0 aliphatic rings. The van der Waals surface area contributed by atoms with Crippen molar-refractivity contribution in [1.82, 2.24) is 0 Å². The van der Waals surface area contributed by atoms with Crippen molar-refractivity contribution in [1.29, 1.82) is 0 Å². The number of carbonyl (C=O) groups is 2. The van der Waals surface area contributed by atoms with E-state index in [-0.39, 0.29) is 0 Å². The monoisotopic (exact) mass is 258 g/mol. The lowest BCUT2D eigenvalue weighted by Gasteiger charge is -2.21. The van der Waals surface area contributed by atoms with Crippen LogP contribution in [0, 0.1) is 0 Å². The summed E-state index contributed by atoms with van der Waals surface area (Å²) in [5.74, 6) is -1.89. The molecule has 0 atom stereocenters. The van der Waals surface area contributed by atoms with Crippen molar-refractivity contribution in [3.05, 3.63) is 24.6 Å². The third kappa shape index (κ3) is 5.08. The van der Waals surface area contributed by atoms with Gasteiger partial charge >= 0.3 is 11.9 Å². The van der Waals surface area contributed by atoms with Crippen molar-refractivity contribution >= 4 is 28.6 Å². The number of hydrogen-bond acceptors (Lipinski definition) is 4. The van der Waals surface area contributed by atoms with Crippen molar-refractivity contribution in [2.24, 2.45) is 0 Å². The van der Waals surface area contributed by atoms with E-state index >= 15 is 0 Å². The van der Waals surface area contributed by atoms with E-state index in [9.17, 15) is 9.59 Å². The molecule has 6 heteroatoms. The third-order valence-corrected chi connectivity index (χ3v) is 5.25. The molecule has 0 bridgehead atoms. The van der Waals surface area contributed by atoms with Crippen LogP contribution in [0.3, 0.4) is 0 Å². The summed E-state index contributed by atoms with van der Waals surface area (Å²) in [5.41, 5.74) is 3.16. The Morgan fingerprint density at radius 3 is 1.31 bits per heavy atom. The summed E-state index contributed by atoms with van der Waals surface area (Å²) >= 11 is 0. The Morgan fingerprint density at radius 1 is 0.875 bits per heavy atom. The van der Waals surface area contributed by atoms with Crippen molar-refractivity contribution in [3.8, 4) is 0 Å². The minimum Gasteiger partial charge on any atom is -0.508 e. The molecule has 0 N–H and O–H groups in total. The summed E-state index contributed by atoms with van der Waals surface area (Å²) < 4.78 is 10.1. The normalized spacial score (nSPS) is 11.5. The van der Waals surface area contributed by atoms with E-state index < -0.39 is 28.6 Å². The van der Waals surface area contributed by atoms with E-state index in [0.29, 0.717) is 0 Å². The molecule has 0 saturated heterocycles. The Labute approximate surface area is 98.2 Å². The predicted octanol–water partition coefficient (Wildman–Crippen LogP) is 1.93. The fraction of sp³-hybridized carbons (Fsp3) is 0.400. The van der Waals surface area contributed by atoms with Crippen molar-refractivity contribution in [2.45, 2.75) is 26.2 Å². The maximum atomic E-state index is 11.4. The summed E-state index contributed by atoms with van der Waals surface area (Å²) in [6, 6.07) is 0. The first-order valence-corrected chi connectivity index (χ1v) is 10.8. The first kappa shape index (κ1) is 14.9. The van der Waals surface area contributed by atoms with E-state index in [0.717, 1.165) is 0 Å². The van der Waals surface area contributed by atoms with E-state index in [4.69, 9.17) is 8.85 Å². The maximum Gasteiger partial charge on any atom is 0.403 e. The Hall–Kier alpha value is -1.15. The van der Waals surface area contributed by atoms with Gasteiger partial charge in [0.1, 0.15) is 0 Å². The zero-order chi connectivity index (χ0) is 13.0. The molecule has 90 valence electrons. The molecule has 0 heterocycles. The van der Waals surface area contributed by atoms with Crippen LogP contribution in [-0.4, -0.2) is 28.6 Å². The number of carbonyl (C=O) groups excluding carboxylic acids is 2. The highest BCUT2D eigenvalue weighted by molar-refractivity contribution is 6.80. The average Bonchev–Trinajstić information content (AvgIpc) is 2.16. The summed E-state index contributed by atoms with van der Waals surface area (Å²) in [7, 11) is -4.57. The van der Waals surface area contributed by atoms with E-state index in [1.807, 2.05) is 0 Å². The molecular formula is C10H18O4Si2. The van der Waals surface area contributed by atoms with Crippen LogP contribution in [-0.2, 0) is 18.4 Å². The molecule has 16 heavy (non-hydrogen) atoms. The van der Waals surface area contributed by atoms with Gasteiger partial charge in [-0.15, -0.1) is 13.2 Å². The van der Waals surface area contributed by atoms with Crippen LogP contribution in [0.15, 0.2) is 24.6 Å². The Kier molecular flexibility index (Phi) is 4.89. The molecule has 0 radical (unpaired) electrons. The summed E-state index contributed by atoms with van der Waals surface area (Å²) in [6.07, 6.45) is 0. The fourth-order valence-electron chi connectivity index (χ4n) is 0.644. The Morgan fingerprint density at radius 2 is 1.12 bits per heavy atom. The van der Waals surface area contributed by atoms with Crippen molar-refractivity contribution in [2.75, 3.05) is 0 Å². The van der Waals surface area contributed by atoms with Gasteiger partial charge in [-0.1, -0.05) is 11.4 Å². The molecule has 0 rings (SSSR count). The molecule has 0 aromatic heterocycles. The SMILES string of the molecule is C=C[Si](C)(C)OC(=O)C(=O)O[Si](C)(C)C=C. The first-order chi connectivity index (χ1) is 7.13. The van der Waals surface area contributed by atoms with Crippen LogP contribution in [0.25, 0.3) is 0 Å². The van der Waals surface area contributed by atoms with Crippen LogP contribution < -0.4 is 0 Å². The average molecular weight is 258 g/mol. The summed E-state index contributed by atoms with van der Waals surface area (Å²) in [4.78, 5) is 22.8. The van der Waals surface area contributed by atoms with Gasteiger partial charge in [-0.05, 0) is 26.2 Å². The van der Waals surface area contributed by atoms with Gasteiger partial charge in [0.25, 0.3) is 16.6 Å². The zero-order valence-electron chi connectivity index (χ0n) is 10.2. The molecule has 0 saturated carbocycles. The summed E-state index contributed by atoms with van der Waals surface area (Å²) in [6.45, 7) is 14.2. The predicted molar refractivity (Wildman–Crippen MR) is 67.5 cm³/mol. The molecule has 0 unspecified atom stereocenters. The lowest BCUT2D eigenvalue weighted by molar-refractivity contribution is -0.157. The second-order valence-corrected chi connectivity index (χ2v) is 12.0. The van der Waals surface area contributed by atoms with Crippen LogP contribution >= 0.6 is 0 Å². The lowest BCUT2D eigenvalue weighted by atomic mass is 10.7.